The second-order valence-electron chi connectivity index (χ2n) is 10.9. The number of hydrogen-bond donors (Lipinski definition) is 0. The topological polar surface area (TPSA) is 55.8 Å². The van der Waals surface area contributed by atoms with Gasteiger partial charge in [0.25, 0.3) is 0 Å². The Morgan fingerprint density at radius 3 is 2.07 bits per heavy atom. The summed E-state index contributed by atoms with van der Waals surface area (Å²) in [7, 11) is 1.62. The van der Waals surface area contributed by atoms with Gasteiger partial charge >= 0.3 is 0 Å². The number of rotatable bonds is 8. The summed E-state index contributed by atoms with van der Waals surface area (Å²) in [6.45, 7) is 1.13. The van der Waals surface area contributed by atoms with E-state index in [4.69, 9.17) is 21.1 Å². The SMILES string of the molecule is COc1cc(C2C3=C(CCCC3=O)N(CCc3ccccc3)C3=C2C(=O)CCC3)ccc1OCc1ccc(Cl)cc1. The van der Waals surface area contributed by atoms with Crippen LogP contribution in [0.25, 0.3) is 0 Å². The third-order valence-electron chi connectivity index (χ3n) is 8.38. The quantitative estimate of drug-likeness (QED) is 0.281. The van der Waals surface area contributed by atoms with Crippen LogP contribution in [0, 0.1) is 0 Å². The molecule has 3 aromatic carbocycles. The molecule has 0 spiro atoms. The molecule has 3 aliphatic rings. The van der Waals surface area contributed by atoms with Crippen molar-refractivity contribution in [3.05, 3.63) is 117 Å². The number of ether oxygens (including phenoxy) is 2. The highest BCUT2D eigenvalue weighted by Crippen LogP contribution is 2.50. The maximum absolute atomic E-state index is 13.6. The second kappa shape index (κ2) is 12.0. The van der Waals surface area contributed by atoms with E-state index >= 15 is 0 Å². The molecule has 0 atom stereocenters. The molecule has 0 radical (unpaired) electrons. The Labute approximate surface area is 246 Å². The summed E-state index contributed by atoms with van der Waals surface area (Å²) in [5.74, 6) is 1.10. The number of carbonyl (C=O) groups excluding carboxylic acids is 2. The lowest BCUT2D eigenvalue weighted by Gasteiger charge is -2.44. The Hall–Kier alpha value is -3.83. The molecule has 6 rings (SSSR count). The van der Waals surface area contributed by atoms with Crippen LogP contribution < -0.4 is 9.47 Å². The van der Waals surface area contributed by atoms with E-state index in [1.165, 1.54) is 5.56 Å². The average molecular weight is 568 g/mol. The molecule has 41 heavy (non-hydrogen) atoms. The standard InChI is InChI=1S/C35H34ClNO4/c1-40-32-21-25(15-18-31(32)41-22-24-13-16-26(36)17-14-24)33-34-27(9-5-11-29(34)38)37(20-19-23-7-3-2-4-8-23)28-10-6-12-30(39)35(28)33/h2-4,7-8,13-18,21,33H,5-6,9-12,19-20,22H2,1H3. The number of halogens is 1. The molecule has 0 bridgehead atoms. The molecule has 5 nitrogen and oxygen atoms in total. The molecule has 210 valence electrons. The van der Waals surface area contributed by atoms with E-state index in [2.05, 4.69) is 29.2 Å². The van der Waals surface area contributed by atoms with Crippen molar-refractivity contribution in [2.75, 3.05) is 13.7 Å². The number of carbonyl (C=O) groups is 2. The van der Waals surface area contributed by atoms with Crippen LogP contribution in [0.2, 0.25) is 5.02 Å². The fourth-order valence-corrected chi connectivity index (χ4v) is 6.56. The summed E-state index contributed by atoms with van der Waals surface area (Å²) in [6, 6.07) is 23.8. The summed E-state index contributed by atoms with van der Waals surface area (Å²) in [4.78, 5) is 29.6. The van der Waals surface area contributed by atoms with Crippen LogP contribution in [0.4, 0.5) is 0 Å². The monoisotopic (exact) mass is 567 g/mol. The lowest BCUT2D eigenvalue weighted by molar-refractivity contribution is -0.117. The highest BCUT2D eigenvalue weighted by atomic mass is 35.5. The number of hydrogen-bond acceptors (Lipinski definition) is 5. The van der Waals surface area contributed by atoms with Crippen LogP contribution in [0.15, 0.2) is 95.3 Å². The van der Waals surface area contributed by atoms with Crippen molar-refractivity contribution in [1.29, 1.82) is 0 Å². The number of nitrogens with zero attached hydrogens (tertiary/aromatic N) is 1. The Kier molecular flexibility index (Phi) is 7.97. The number of benzene rings is 3. The van der Waals surface area contributed by atoms with Gasteiger partial charge < -0.3 is 14.4 Å². The first-order valence-electron chi connectivity index (χ1n) is 14.4. The van der Waals surface area contributed by atoms with E-state index in [0.29, 0.717) is 36.0 Å². The van der Waals surface area contributed by atoms with Crippen molar-refractivity contribution in [3.8, 4) is 11.5 Å². The van der Waals surface area contributed by atoms with Gasteiger partial charge in [-0.25, -0.2) is 0 Å². The van der Waals surface area contributed by atoms with Crippen LogP contribution in [-0.2, 0) is 22.6 Å². The molecule has 0 saturated heterocycles. The normalized spacial score (nSPS) is 17.5. The van der Waals surface area contributed by atoms with Crippen LogP contribution in [0.3, 0.4) is 0 Å². The predicted molar refractivity (Wildman–Crippen MR) is 160 cm³/mol. The zero-order chi connectivity index (χ0) is 28.3. The molecule has 3 aromatic rings. The molecule has 0 aromatic heterocycles. The van der Waals surface area contributed by atoms with Gasteiger partial charge in [-0.2, -0.15) is 0 Å². The van der Waals surface area contributed by atoms with Crippen LogP contribution in [0.1, 0.15) is 61.1 Å². The van der Waals surface area contributed by atoms with E-state index in [0.717, 1.165) is 72.3 Å². The minimum absolute atomic E-state index is 0.146. The third-order valence-corrected chi connectivity index (χ3v) is 8.63. The van der Waals surface area contributed by atoms with Gasteiger partial charge in [0, 0.05) is 52.9 Å². The number of ketones is 2. The van der Waals surface area contributed by atoms with Gasteiger partial charge in [0.15, 0.2) is 23.1 Å². The zero-order valence-electron chi connectivity index (χ0n) is 23.3. The van der Waals surface area contributed by atoms with Crippen molar-refractivity contribution in [2.45, 2.75) is 57.5 Å². The molecule has 0 N–H and O–H groups in total. The molecule has 0 unspecified atom stereocenters. The molecule has 0 amide bonds. The zero-order valence-corrected chi connectivity index (χ0v) is 24.1. The third kappa shape index (κ3) is 5.56. The molecular formula is C35H34ClNO4. The van der Waals surface area contributed by atoms with Crippen molar-refractivity contribution in [2.24, 2.45) is 0 Å². The van der Waals surface area contributed by atoms with Crippen molar-refractivity contribution >= 4 is 23.2 Å². The molecular weight excluding hydrogens is 534 g/mol. The first-order valence-corrected chi connectivity index (χ1v) is 14.8. The first kappa shape index (κ1) is 27.3. The van der Waals surface area contributed by atoms with Crippen molar-refractivity contribution in [3.63, 3.8) is 0 Å². The second-order valence-corrected chi connectivity index (χ2v) is 11.4. The number of Topliss-reactive ketones (excluding diaryl/α,β-unsaturated/α-hetero) is 2. The summed E-state index contributed by atoms with van der Waals surface area (Å²) >= 11 is 6.02. The van der Waals surface area contributed by atoms with Crippen LogP contribution in [0.5, 0.6) is 11.5 Å². The Morgan fingerprint density at radius 2 is 1.44 bits per heavy atom. The van der Waals surface area contributed by atoms with E-state index in [1.54, 1.807) is 7.11 Å². The minimum Gasteiger partial charge on any atom is -0.493 e. The first-order chi connectivity index (χ1) is 20.0. The molecule has 0 saturated carbocycles. The van der Waals surface area contributed by atoms with Crippen LogP contribution in [-0.4, -0.2) is 30.1 Å². The molecule has 6 heteroatoms. The lowest BCUT2D eigenvalue weighted by atomic mass is 9.71. The van der Waals surface area contributed by atoms with E-state index in [1.807, 2.05) is 48.5 Å². The van der Waals surface area contributed by atoms with Crippen LogP contribution >= 0.6 is 11.6 Å². The molecule has 1 aliphatic heterocycles. The summed E-state index contributed by atoms with van der Waals surface area (Å²) in [6.07, 6.45) is 5.24. The predicted octanol–water partition coefficient (Wildman–Crippen LogP) is 7.58. The largest absolute Gasteiger partial charge is 0.493 e. The van der Waals surface area contributed by atoms with Gasteiger partial charge in [0.1, 0.15) is 6.61 Å². The smallest absolute Gasteiger partial charge is 0.161 e. The van der Waals surface area contributed by atoms with E-state index in [-0.39, 0.29) is 17.5 Å². The summed E-state index contributed by atoms with van der Waals surface area (Å²) in [5, 5.41) is 0.679. The fourth-order valence-electron chi connectivity index (χ4n) is 6.43. The minimum atomic E-state index is -0.382. The highest BCUT2D eigenvalue weighted by molar-refractivity contribution is 6.30. The maximum atomic E-state index is 13.6. The lowest BCUT2D eigenvalue weighted by Crippen LogP contribution is -2.39. The van der Waals surface area contributed by atoms with E-state index < -0.39 is 0 Å². The molecule has 1 heterocycles. The average Bonchev–Trinajstić information content (AvgIpc) is 3.00. The number of allylic oxidation sites excluding steroid dienone is 4. The van der Waals surface area contributed by atoms with Crippen molar-refractivity contribution in [1.82, 2.24) is 4.90 Å². The van der Waals surface area contributed by atoms with Crippen molar-refractivity contribution < 1.29 is 19.1 Å². The van der Waals surface area contributed by atoms with Gasteiger partial charge in [0.2, 0.25) is 0 Å². The highest BCUT2D eigenvalue weighted by Gasteiger charge is 2.43. The number of methoxy groups -OCH3 is 1. The summed E-state index contributed by atoms with van der Waals surface area (Å²) in [5.41, 5.74) is 6.91. The van der Waals surface area contributed by atoms with E-state index in [9.17, 15) is 9.59 Å². The molecule has 0 fully saturated rings. The maximum Gasteiger partial charge on any atom is 0.161 e. The Bertz CT molecular complexity index is 1480. The van der Waals surface area contributed by atoms with Gasteiger partial charge in [-0.1, -0.05) is 60.1 Å². The van der Waals surface area contributed by atoms with Gasteiger partial charge in [-0.3, -0.25) is 9.59 Å². The van der Waals surface area contributed by atoms with Gasteiger partial charge in [0.05, 0.1) is 7.11 Å². The fraction of sp³-hybridized carbons (Fsp3) is 0.314. The Balaban J connectivity index is 1.37. The Morgan fingerprint density at radius 1 is 0.780 bits per heavy atom. The van der Waals surface area contributed by atoms with Gasteiger partial charge in [-0.15, -0.1) is 0 Å². The summed E-state index contributed by atoms with van der Waals surface area (Å²) < 4.78 is 11.9. The van der Waals surface area contributed by atoms with Gasteiger partial charge in [-0.05, 0) is 73.1 Å². The molecule has 2 aliphatic carbocycles.